The minimum atomic E-state index is 0. The average molecular weight is 380 g/mol. The van der Waals surface area contributed by atoms with Crippen molar-refractivity contribution in [1.82, 2.24) is 10.2 Å². The lowest BCUT2D eigenvalue weighted by atomic mass is 10.0. The van der Waals surface area contributed by atoms with Gasteiger partial charge < -0.3 is 10.2 Å². The van der Waals surface area contributed by atoms with Gasteiger partial charge in [-0.1, -0.05) is 0 Å². The van der Waals surface area contributed by atoms with Gasteiger partial charge in [-0.15, -0.1) is 23.7 Å². The maximum Gasteiger partial charge on any atom is 0.263 e. The van der Waals surface area contributed by atoms with Crippen LogP contribution in [0.2, 0.25) is 0 Å². The summed E-state index contributed by atoms with van der Waals surface area (Å²) in [6.45, 7) is 2.95. The van der Waals surface area contributed by atoms with Gasteiger partial charge in [0.1, 0.15) is 0 Å². The summed E-state index contributed by atoms with van der Waals surface area (Å²) in [5.41, 5.74) is 0. The lowest BCUT2D eigenvalue weighted by Gasteiger charge is -2.32. The molecule has 3 rings (SSSR count). The molecule has 1 aromatic rings. The minimum absolute atomic E-state index is 0. The Bertz CT molecular complexity index is 456. The van der Waals surface area contributed by atoms with Crippen LogP contribution in [-0.4, -0.2) is 36.5 Å². The Morgan fingerprint density at radius 2 is 2.05 bits per heavy atom. The molecule has 1 aliphatic heterocycles. The number of carbonyl (C=O) groups is 1. The van der Waals surface area contributed by atoms with Crippen LogP contribution in [0.15, 0.2) is 15.9 Å². The number of nitrogens with one attached hydrogen (secondary N) is 1. The van der Waals surface area contributed by atoms with Crippen LogP contribution in [-0.2, 0) is 0 Å². The van der Waals surface area contributed by atoms with Crippen molar-refractivity contribution in [2.24, 2.45) is 5.92 Å². The molecule has 1 saturated carbocycles. The van der Waals surface area contributed by atoms with E-state index in [1.165, 1.54) is 30.7 Å². The first-order valence-corrected chi connectivity index (χ1v) is 8.66. The van der Waals surface area contributed by atoms with E-state index >= 15 is 0 Å². The van der Waals surface area contributed by atoms with Crippen LogP contribution in [0.5, 0.6) is 0 Å². The Labute approximate surface area is 138 Å². The summed E-state index contributed by atoms with van der Waals surface area (Å²) in [5.74, 6) is 1.12. The first-order valence-electron chi connectivity index (χ1n) is 6.99. The van der Waals surface area contributed by atoms with Gasteiger partial charge in [0.05, 0.1) is 4.88 Å². The number of piperidine rings is 1. The summed E-state index contributed by atoms with van der Waals surface area (Å²) >= 11 is 4.92. The number of amides is 1. The van der Waals surface area contributed by atoms with Gasteiger partial charge in [0.15, 0.2) is 0 Å². The second kappa shape index (κ2) is 7.25. The van der Waals surface area contributed by atoms with E-state index in [9.17, 15) is 4.79 Å². The maximum atomic E-state index is 12.3. The van der Waals surface area contributed by atoms with Crippen molar-refractivity contribution in [2.75, 3.05) is 19.6 Å². The number of rotatable bonds is 4. The van der Waals surface area contributed by atoms with Gasteiger partial charge in [0.2, 0.25) is 0 Å². The van der Waals surface area contributed by atoms with Crippen LogP contribution >= 0.6 is 39.7 Å². The molecule has 112 valence electrons. The zero-order valence-electron chi connectivity index (χ0n) is 11.3. The third-order valence-electron chi connectivity index (χ3n) is 3.95. The average Bonchev–Trinajstić information content (AvgIpc) is 3.17. The topological polar surface area (TPSA) is 32.3 Å². The van der Waals surface area contributed by atoms with E-state index in [2.05, 4.69) is 21.2 Å². The summed E-state index contributed by atoms with van der Waals surface area (Å²) in [7, 11) is 0. The lowest BCUT2D eigenvalue weighted by molar-refractivity contribution is 0.0710. The highest BCUT2D eigenvalue weighted by Crippen LogP contribution is 2.28. The predicted octanol–water partition coefficient (Wildman–Crippen LogP) is 3.54. The largest absolute Gasteiger partial charge is 0.338 e. The second-order valence-corrected chi connectivity index (χ2v) is 7.37. The summed E-state index contributed by atoms with van der Waals surface area (Å²) in [5, 5.41) is 5.61. The molecule has 3 nitrogen and oxygen atoms in total. The molecule has 2 fully saturated rings. The molecule has 0 spiro atoms. The Morgan fingerprint density at radius 1 is 1.35 bits per heavy atom. The van der Waals surface area contributed by atoms with Gasteiger partial charge in [0, 0.05) is 29.0 Å². The van der Waals surface area contributed by atoms with Crippen molar-refractivity contribution in [3.05, 3.63) is 20.8 Å². The van der Waals surface area contributed by atoms with Crippen LogP contribution in [0.4, 0.5) is 0 Å². The monoisotopic (exact) mass is 378 g/mol. The normalized spacial score (nSPS) is 19.8. The van der Waals surface area contributed by atoms with Crippen molar-refractivity contribution in [3.8, 4) is 0 Å². The highest BCUT2D eigenvalue weighted by atomic mass is 79.9. The van der Waals surface area contributed by atoms with E-state index in [1.807, 2.05) is 16.3 Å². The number of carbonyl (C=O) groups excluding carboxylic acids is 1. The van der Waals surface area contributed by atoms with Gasteiger partial charge in [0.25, 0.3) is 5.91 Å². The zero-order valence-corrected chi connectivity index (χ0v) is 14.5. The van der Waals surface area contributed by atoms with E-state index < -0.39 is 0 Å². The van der Waals surface area contributed by atoms with Gasteiger partial charge in [-0.05, 0) is 60.1 Å². The standard InChI is InChI=1S/C14H19BrN2OS.ClH/c15-11-7-13(19-9-11)14(18)17-5-3-12(4-6-17)16-8-10-1-2-10;/h7,9-10,12,16H,1-6,8H2;1H. The van der Waals surface area contributed by atoms with Crippen LogP contribution < -0.4 is 5.32 Å². The van der Waals surface area contributed by atoms with Crippen LogP contribution in [0, 0.1) is 5.92 Å². The van der Waals surface area contributed by atoms with E-state index in [0.717, 1.165) is 41.2 Å². The Kier molecular flexibility index (Phi) is 5.90. The molecule has 0 radical (unpaired) electrons. The van der Waals surface area contributed by atoms with E-state index in [4.69, 9.17) is 0 Å². The fourth-order valence-electron chi connectivity index (χ4n) is 2.52. The number of hydrogen-bond acceptors (Lipinski definition) is 3. The first-order chi connectivity index (χ1) is 9.22. The quantitative estimate of drug-likeness (QED) is 0.868. The lowest BCUT2D eigenvalue weighted by Crippen LogP contribution is -2.45. The molecule has 2 heterocycles. The van der Waals surface area contributed by atoms with Crippen molar-refractivity contribution < 1.29 is 4.79 Å². The zero-order chi connectivity index (χ0) is 13.2. The number of halogens is 2. The SMILES string of the molecule is Cl.O=C(c1cc(Br)cs1)N1CCC(NCC2CC2)CC1. The van der Waals surface area contributed by atoms with Crippen molar-refractivity contribution in [3.63, 3.8) is 0 Å². The van der Waals surface area contributed by atoms with Crippen molar-refractivity contribution >= 4 is 45.6 Å². The van der Waals surface area contributed by atoms with Gasteiger partial charge in [-0.2, -0.15) is 0 Å². The molecule has 20 heavy (non-hydrogen) atoms. The fourth-order valence-corrected chi connectivity index (χ4v) is 3.92. The van der Waals surface area contributed by atoms with Crippen molar-refractivity contribution in [2.45, 2.75) is 31.7 Å². The number of likely N-dealkylation sites (tertiary alicyclic amines) is 1. The number of nitrogens with zero attached hydrogens (tertiary/aromatic N) is 1. The first kappa shape index (κ1) is 16.3. The van der Waals surface area contributed by atoms with Crippen LogP contribution in [0.25, 0.3) is 0 Å². The summed E-state index contributed by atoms with van der Waals surface area (Å²) in [6, 6.07) is 2.53. The maximum absolute atomic E-state index is 12.3. The molecule has 0 bridgehead atoms. The smallest absolute Gasteiger partial charge is 0.263 e. The van der Waals surface area contributed by atoms with Gasteiger partial charge in [-0.3, -0.25) is 4.79 Å². The molecule has 2 aliphatic rings. The van der Waals surface area contributed by atoms with Crippen LogP contribution in [0.1, 0.15) is 35.4 Å². The van der Waals surface area contributed by atoms with Crippen molar-refractivity contribution in [1.29, 1.82) is 0 Å². The predicted molar refractivity (Wildman–Crippen MR) is 88.9 cm³/mol. The summed E-state index contributed by atoms with van der Waals surface area (Å²) < 4.78 is 1.00. The third-order valence-corrected chi connectivity index (χ3v) is 5.63. The third kappa shape index (κ3) is 4.20. The molecule has 1 aromatic heterocycles. The molecular formula is C14H20BrClN2OS. The Hall–Kier alpha value is -0.100. The fraction of sp³-hybridized carbons (Fsp3) is 0.643. The van der Waals surface area contributed by atoms with Crippen LogP contribution in [0.3, 0.4) is 0 Å². The molecular weight excluding hydrogens is 360 g/mol. The number of thiophene rings is 1. The second-order valence-electron chi connectivity index (χ2n) is 5.55. The van der Waals surface area contributed by atoms with E-state index in [1.54, 1.807) is 0 Å². The van der Waals surface area contributed by atoms with E-state index in [-0.39, 0.29) is 18.3 Å². The molecule has 0 aromatic carbocycles. The summed E-state index contributed by atoms with van der Waals surface area (Å²) in [6.07, 6.45) is 4.98. The highest BCUT2D eigenvalue weighted by molar-refractivity contribution is 9.10. The molecule has 1 aliphatic carbocycles. The molecule has 0 unspecified atom stereocenters. The molecule has 6 heteroatoms. The molecule has 1 amide bonds. The van der Waals surface area contributed by atoms with Gasteiger partial charge >= 0.3 is 0 Å². The number of hydrogen-bond donors (Lipinski definition) is 1. The molecule has 1 N–H and O–H groups in total. The minimum Gasteiger partial charge on any atom is -0.338 e. The Morgan fingerprint density at radius 3 is 2.60 bits per heavy atom. The highest BCUT2D eigenvalue weighted by Gasteiger charge is 2.26. The summed E-state index contributed by atoms with van der Waals surface area (Å²) in [4.78, 5) is 15.1. The van der Waals surface area contributed by atoms with E-state index in [0.29, 0.717) is 6.04 Å². The molecule has 0 atom stereocenters. The molecule has 1 saturated heterocycles. The Balaban J connectivity index is 0.00000147. The van der Waals surface area contributed by atoms with Gasteiger partial charge in [-0.25, -0.2) is 0 Å².